The molecule has 0 amide bonds. The van der Waals surface area contributed by atoms with Crippen LogP contribution in [0.15, 0.2) is 34.7 Å². The second-order valence-corrected chi connectivity index (χ2v) is 4.62. The average Bonchev–Trinajstić information content (AvgIpc) is 2.97. The normalized spacial score (nSPS) is 16.0. The van der Waals surface area contributed by atoms with Crippen molar-refractivity contribution in [2.75, 3.05) is 7.11 Å². The van der Waals surface area contributed by atoms with Crippen LogP contribution in [-0.2, 0) is 10.3 Å². The molecule has 2 rings (SSSR count). The number of hydrogen-bond acceptors (Lipinski definition) is 5. The van der Waals surface area contributed by atoms with Crippen molar-refractivity contribution in [3.63, 3.8) is 0 Å². The van der Waals surface area contributed by atoms with Crippen molar-refractivity contribution >= 4 is 0 Å². The van der Waals surface area contributed by atoms with Gasteiger partial charge in [0, 0.05) is 7.11 Å². The molecule has 1 aromatic carbocycles. The Morgan fingerprint density at radius 2 is 2.00 bits per heavy atom. The van der Waals surface area contributed by atoms with E-state index in [1.54, 1.807) is 7.11 Å². The first-order chi connectivity index (χ1) is 9.10. The second-order valence-electron chi connectivity index (χ2n) is 4.62. The molecule has 0 saturated carbocycles. The molecule has 1 heterocycles. The van der Waals surface area contributed by atoms with Gasteiger partial charge in [0.15, 0.2) is 0 Å². The summed E-state index contributed by atoms with van der Waals surface area (Å²) < 4.78 is 11.1. The number of benzene rings is 1. The average molecular weight is 261 g/mol. The van der Waals surface area contributed by atoms with Crippen molar-refractivity contribution < 1.29 is 9.15 Å². The predicted molar refractivity (Wildman–Crippen MR) is 71.4 cm³/mol. The fourth-order valence-corrected chi connectivity index (χ4v) is 1.76. The van der Waals surface area contributed by atoms with Gasteiger partial charge in [-0.3, -0.25) is 0 Å². The molecule has 5 heteroatoms. The lowest BCUT2D eigenvalue weighted by atomic mass is 10.0. The molecule has 5 nitrogen and oxygen atoms in total. The van der Waals surface area contributed by atoms with Gasteiger partial charge < -0.3 is 14.9 Å². The third-order valence-corrected chi connectivity index (χ3v) is 3.44. The van der Waals surface area contributed by atoms with Crippen LogP contribution in [0.1, 0.15) is 43.7 Å². The molecule has 0 radical (unpaired) electrons. The molecule has 1 aromatic heterocycles. The molecule has 0 bridgehead atoms. The maximum Gasteiger partial charge on any atom is 0.248 e. The minimum Gasteiger partial charge on any atom is -0.420 e. The highest BCUT2D eigenvalue weighted by Crippen LogP contribution is 2.28. The topological polar surface area (TPSA) is 74.2 Å². The zero-order valence-corrected chi connectivity index (χ0v) is 11.5. The van der Waals surface area contributed by atoms with E-state index in [9.17, 15) is 0 Å². The van der Waals surface area contributed by atoms with E-state index in [0.29, 0.717) is 11.8 Å². The highest BCUT2D eigenvalue weighted by Gasteiger charge is 2.31. The zero-order valence-electron chi connectivity index (χ0n) is 11.5. The summed E-state index contributed by atoms with van der Waals surface area (Å²) in [5.74, 6) is 0.858. The minimum atomic E-state index is -0.568. The van der Waals surface area contributed by atoms with Crippen LogP contribution >= 0.6 is 0 Å². The first kappa shape index (κ1) is 13.7. The molecule has 0 aliphatic rings. The van der Waals surface area contributed by atoms with Gasteiger partial charge in [0.25, 0.3) is 0 Å². The smallest absolute Gasteiger partial charge is 0.248 e. The fraction of sp³-hybridized carbons (Fsp3) is 0.429. The number of aromatic nitrogens is 2. The molecular weight excluding hydrogens is 242 g/mol. The molecule has 2 unspecified atom stereocenters. The van der Waals surface area contributed by atoms with Gasteiger partial charge in [-0.2, -0.15) is 0 Å². The van der Waals surface area contributed by atoms with Crippen molar-refractivity contribution in [3.05, 3.63) is 47.7 Å². The van der Waals surface area contributed by atoms with E-state index in [0.717, 1.165) is 12.0 Å². The van der Waals surface area contributed by atoms with E-state index in [1.807, 2.05) is 44.2 Å². The number of ether oxygens (including phenoxy) is 1. The molecule has 2 N–H and O–H groups in total. The van der Waals surface area contributed by atoms with Crippen LogP contribution in [0.5, 0.6) is 0 Å². The lowest BCUT2D eigenvalue weighted by Crippen LogP contribution is -2.23. The van der Waals surface area contributed by atoms with Gasteiger partial charge in [-0.05, 0) is 18.9 Å². The van der Waals surface area contributed by atoms with Gasteiger partial charge in [-0.15, -0.1) is 10.2 Å². The summed E-state index contributed by atoms with van der Waals surface area (Å²) >= 11 is 0. The van der Waals surface area contributed by atoms with Gasteiger partial charge in [0.2, 0.25) is 11.8 Å². The minimum absolute atomic E-state index is 0.401. The third kappa shape index (κ3) is 2.67. The lowest BCUT2D eigenvalue weighted by Gasteiger charge is -2.21. The van der Waals surface area contributed by atoms with E-state index in [2.05, 4.69) is 10.2 Å². The van der Waals surface area contributed by atoms with Gasteiger partial charge in [0.05, 0.1) is 0 Å². The van der Waals surface area contributed by atoms with Crippen LogP contribution in [0.3, 0.4) is 0 Å². The van der Waals surface area contributed by atoms with Crippen LogP contribution in [0, 0.1) is 0 Å². The Kier molecular flexibility index (Phi) is 3.97. The molecule has 0 fully saturated rings. The summed E-state index contributed by atoms with van der Waals surface area (Å²) in [5.41, 5.74) is 6.49. The Labute approximate surface area is 112 Å². The summed E-state index contributed by atoms with van der Waals surface area (Å²) in [6, 6.07) is 9.25. The maximum absolute atomic E-state index is 6.12. The van der Waals surface area contributed by atoms with Gasteiger partial charge >= 0.3 is 0 Å². The Morgan fingerprint density at radius 1 is 1.32 bits per heavy atom. The number of nitrogens with zero attached hydrogens (tertiary/aromatic N) is 2. The zero-order chi connectivity index (χ0) is 13.9. The van der Waals surface area contributed by atoms with E-state index < -0.39 is 11.6 Å². The van der Waals surface area contributed by atoms with Crippen LogP contribution in [0.2, 0.25) is 0 Å². The molecule has 2 atom stereocenters. The third-order valence-electron chi connectivity index (χ3n) is 3.44. The Hall–Kier alpha value is -1.72. The van der Waals surface area contributed by atoms with Crippen LogP contribution < -0.4 is 5.73 Å². The van der Waals surface area contributed by atoms with E-state index >= 15 is 0 Å². The van der Waals surface area contributed by atoms with Crippen molar-refractivity contribution in [1.82, 2.24) is 10.2 Å². The Bertz CT molecular complexity index is 520. The number of rotatable bonds is 5. The van der Waals surface area contributed by atoms with E-state index in [1.165, 1.54) is 0 Å². The number of methoxy groups -OCH3 is 1. The quantitative estimate of drug-likeness (QED) is 0.894. The predicted octanol–water partition coefficient (Wildman–Crippen LogP) is 2.39. The summed E-state index contributed by atoms with van der Waals surface area (Å²) in [7, 11) is 1.63. The highest BCUT2D eigenvalue weighted by molar-refractivity contribution is 5.22. The van der Waals surface area contributed by atoms with Crippen molar-refractivity contribution in [1.29, 1.82) is 0 Å². The maximum atomic E-state index is 6.12. The SMILES string of the molecule is CCC(C)(OC)c1nnc(C(N)c2ccccc2)o1. The first-order valence-corrected chi connectivity index (χ1v) is 6.30. The summed E-state index contributed by atoms with van der Waals surface area (Å²) in [5, 5.41) is 8.09. The molecule has 0 aliphatic heterocycles. The summed E-state index contributed by atoms with van der Waals surface area (Å²) in [6.07, 6.45) is 0.742. The van der Waals surface area contributed by atoms with Gasteiger partial charge in [0.1, 0.15) is 11.6 Å². The standard InChI is InChI=1S/C14H19N3O2/c1-4-14(2,18-3)13-17-16-12(19-13)11(15)10-8-6-5-7-9-10/h5-9,11H,4,15H2,1-3H3. The molecule has 0 aliphatic carbocycles. The highest BCUT2D eigenvalue weighted by atomic mass is 16.5. The van der Waals surface area contributed by atoms with Crippen LogP contribution in [0.25, 0.3) is 0 Å². The molecule has 2 aromatic rings. The van der Waals surface area contributed by atoms with Crippen LogP contribution in [-0.4, -0.2) is 17.3 Å². The molecule has 102 valence electrons. The summed E-state index contributed by atoms with van der Waals surface area (Å²) in [6.45, 7) is 3.92. The van der Waals surface area contributed by atoms with E-state index in [4.69, 9.17) is 14.9 Å². The van der Waals surface area contributed by atoms with Crippen molar-refractivity contribution in [3.8, 4) is 0 Å². The Balaban J connectivity index is 2.27. The second kappa shape index (κ2) is 5.50. The first-order valence-electron chi connectivity index (χ1n) is 6.30. The largest absolute Gasteiger partial charge is 0.420 e. The lowest BCUT2D eigenvalue weighted by molar-refractivity contribution is -0.0243. The molecular formula is C14H19N3O2. The molecule has 0 saturated heterocycles. The van der Waals surface area contributed by atoms with Crippen molar-refractivity contribution in [2.24, 2.45) is 5.73 Å². The van der Waals surface area contributed by atoms with Gasteiger partial charge in [-0.25, -0.2) is 0 Å². The number of nitrogens with two attached hydrogens (primary N) is 1. The monoisotopic (exact) mass is 261 g/mol. The number of hydrogen-bond donors (Lipinski definition) is 1. The van der Waals surface area contributed by atoms with Crippen molar-refractivity contribution in [2.45, 2.75) is 31.9 Å². The van der Waals surface area contributed by atoms with E-state index in [-0.39, 0.29) is 0 Å². The van der Waals surface area contributed by atoms with Gasteiger partial charge in [-0.1, -0.05) is 37.3 Å². The fourth-order valence-electron chi connectivity index (χ4n) is 1.76. The molecule has 19 heavy (non-hydrogen) atoms. The van der Waals surface area contributed by atoms with Crippen LogP contribution in [0.4, 0.5) is 0 Å². The summed E-state index contributed by atoms with van der Waals surface area (Å²) in [4.78, 5) is 0. The molecule has 0 spiro atoms. The Morgan fingerprint density at radius 3 is 2.58 bits per heavy atom.